The molecule has 6 heteroatoms. The van der Waals surface area contributed by atoms with E-state index in [1.165, 1.54) is 11.3 Å². The van der Waals surface area contributed by atoms with Crippen molar-refractivity contribution in [2.45, 2.75) is 30.9 Å². The van der Waals surface area contributed by atoms with Crippen LogP contribution in [0.3, 0.4) is 0 Å². The van der Waals surface area contributed by atoms with Crippen molar-refractivity contribution in [3.05, 3.63) is 70.2 Å². The Balaban J connectivity index is 1.82. The Bertz CT molecular complexity index is 910. The molecule has 0 fully saturated rings. The second-order valence-corrected chi connectivity index (χ2v) is 7.94. The van der Waals surface area contributed by atoms with Crippen LogP contribution in [-0.2, 0) is 17.0 Å². The van der Waals surface area contributed by atoms with Crippen molar-refractivity contribution in [2.24, 2.45) is 0 Å². The minimum atomic E-state index is -0.0365. The fourth-order valence-electron chi connectivity index (χ4n) is 2.61. The van der Waals surface area contributed by atoms with Gasteiger partial charge in [0.25, 0.3) is 0 Å². The molecule has 0 aliphatic rings. The molecule has 2 aromatic carbocycles. The fourth-order valence-corrected chi connectivity index (χ4v) is 4.73. The van der Waals surface area contributed by atoms with E-state index < -0.39 is 0 Å². The number of para-hydroxylation sites is 1. The molecule has 3 nitrogen and oxygen atoms in total. The van der Waals surface area contributed by atoms with Gasteiger partial charge in [-0.25, -0.2) is 4.98 Å². The maximum atomic E-state index is 12.3. The van der Waals surface area contributed by atoms with Gasteiger partial charge in [-0.1, -0.05) is 48.9 Å². The maximum absolute atomic E-state index is 12.3. The maximum Gasteiger partial charge on any atom is 0.230 e. The van der Waals surface area contributed by atoms with Gasteiger partial charge in [0.1, 0.15) is 0 Å². The molecule has 3 aromatic rings. The van der Waals surface area contributed by atoms with Crippen molar-refractivity contribution < 1.29 is 4.79 Å². The lowest BCUT2D eigenvalue weighted by molar-refractivity contribution is -0.115. The molecule has 0 spiro atoms. The van der Waals surface area contributed by atoms with Crippen LogP contribution in [0.25, 0.3) is 0 Å². The summed E-state index contributed by atoms with van der Waals surface area (Å²) < 4.78 is 0. The number of carbonyl (C=O) groups is 1. The predicted octanol–water partition coefficient (Wildman–Crippen LogP) is 6.34. The zero-order valence-corrected chi connectivity index (χ0v) is 17.0. The lowest BCUT2D eigenvalue weighted by Gasteiger charge is -2.20. The second kappa shape index (κ2) is 8.71. The molecule has 0 aliphatic heterocycles. The molecule has 0 aliphatic carbocycles. The summed E-state index contributed by atoms with van der Waals surface area (Å²) in [5.41, 5.74) is 2.97. The van der Waals surface area contributed by atoms with E-state index in [1.807, 2.05) is 53.9 Å². The number of rotatable bonds is 6. The highest BCUT2D eigenvalue weighted by molar-refractivity contribution is 7.98. The van der Waals surface area contributed by atoms with Crippen molar-refractivity contribution in [1.29, 1.82) is 0 Å². The molecule has 3 rings (SSSR count). The standard InChI is InChI=1S/C20H19ClN2OS2/c1-3-15-8-4-6-10-18(15)23(14(2)24)20-22-16(13-26-20)12-25-19-11-7-5-9-17(19)21/h4-11,13H,3,12H2,1-2H3. The summed E-state index contributed by atoms with van der Waals surface area (Å²) in [6.07, 6.45) is 0.862. The molecule has 1 amide bonds. The molecular weight excluding hydrogens is 384 g/mol. The second-order valence-electron chi connectivity index (χ2n) is 5.68. The Morgan fingerprint density at radius 3 is 2.65 bits per heavy atom. The van der Waals surface area contributed by atoms with Crippen molar-refractivity contribution in [1.82, 2.24) is 4.98 Å². The third kappa shape index (κ3) is 4.29. The summed E-state index contributed by atoms with van der Waals surface area (Å²) in [6, 6.07) is 15.7. The number of halogens is 1. The lowest BCUT2D eigenvalue weighted by Crippen LogP contribution is -2.23. The van der Waals surface area contributed by atoms with Gasteiger partial charge < -0.3 is 0 Å². The molecule has 0 atom stereocenters. The molecule has 1 aromatic heterocycles. The van der Waals surface area contributed by atoms with Gasteiger partial charge in [0.2, 0.25) is 5.91 Å². The minimum absolute atomic E-state index is 0.0365. The third-order valence-corrected chi connectivity index (χ3v) is 6.29. The molecule has 0 bridgehead atoms. The zero-order chi connectivity index (χ0) is 18.5. The quantitative estimate of drug-likeness (QED) is 0.451. The Kier molecular flexibility index (Phi) is 6.35. The van der Waals surface area contributed by atoms with Crippen molar-refractivity contribution >= 4 is 51.4 Å². The number of thiazole rings is 1. The Hall–Kier alpha value is -1.82. The minimum Gasteiger partial charge on any atom is -0.274 e. The molecule has 0 radical (unpaired) electrons. The van der Waals surface area contributed by atoms with E-state index in [0.717, 1.165) is 33.3 Å². The van der Waals surface area contributed by atoms with Gasteiger partial charge in [-0.3, -0.25) is 9.69 Å². The van der Waals surface area contributed by atoms with Crippen LogP contribution in [-0.4, -0.2) is 10.9 Å². The van der Waals surface area contributed by atoms with Crippen LogP contribution in [0.1, 0.15) is 25.1 Å². The average molecular weight is 403 g/mol. The fraction of sp³-hybridized carbons (Fsp3) is 0.200. The first-order valence-electron chi connectivity index (χ1n) is 8.30. The lowest BCUT2D eigenvalue weighted by atomic mass is 10.1. The van der Waals surface area contributed by atoms with Gasteiger partial charge in [-0.15, -0.1) is 23.1 Å². The first-order chi connectivity index (χ1) is 12.6. The highest BCUT2D eigenvalue weighted by Crippen LogP contribution is 2.34. The van der Waals surface area contributed by atoms with Gasteiger partial charge >= 0.3 is 0 Å². The smallest absolute Gasteiger partial charge is 0.230 e. The summed E-state index contributed by atoms with van der Waals surface area (Å²) in [4.78, 5) is 19.7. The van der Waals surface area contributed by atoms with E-state index in [0.29, 0.717) is 10.9 Å². The predicted molar refractivity (Wildman–Crippen MR) is 112 cm³/mol. The van der Waals surface area contributed by atoms with Crippen LogP contribution in [0.4, 0.5) is 10.8 Å². The molecule has 0 saturated heterocycles. The number of hydrogen-bond acceptors (Lipinski definition) is 4. The van der Waals surface area contributed by atoms with Crippen molar-refractivity contribution in [3.63, 3.8) is 0 Å². The molecule has 26 heavy (non-hydrogen) atoms. The van der Waals surface area contributed by atoms with E-state index in [1.54, 1.807) is 23.6 Å². The monoisotopic (exact) mass is 402 g/mol. The highest BCUT2D eigenvalue weighted by atomic mass is 35.5. The van der Waals surface area contributed by atoms with Crippen LogP contribution in [0.5, 0.6) is 0 Å². The molecule has 0 N–H and O–H groups in total. The van der Waals surface area contributed by atoms with Gasteiger partial charge in [0.05, 0.1) is 16.4 Å². The first kappa shape index (κ1) is 19.0. The van der Waals surface area contributed by atoms with E-state index in [2.05, 4.69) is 11.9 Å². The van der Waals surface area contributed by atoms with Crippen molar-refractivity contribution in [2.75, 3.05) is 4.90 Å². The Morgan fingerprint density at radius 2 is 1.92 bits per heavy atom. The molecular formula is C20H19ClN2OS2. The number of nitrogens with zero attached hydrogens (tertiary/aromatic N) is 2. The zero-order valence-electron chi connectivity index (χ0n) is 14.6. The van der Waals surface area contributed by atoms with Gasteiger partial charge in [0.15, 0.2) is 5.13 Å². The van der Waals surface area contributed by atoms with Gasteiger partial charge in [-0.2, -0.15) is 0 Å². The van der Waals surface area contributed by atoms with E-state index in [-0.39, 0.29) is 5.91 Å². The SMILES string of the molecule is CCc1ccccc1N(C(C)=O)c1nc(CSc2ccccc2Cl)cs1. The molecule has 134 valence electrons. The normalized spacial score (nSPS) is 10.7. The van der Waals surface area contributed by atoms with Gasteiger partial charge in [0, 0.05) is 23.0 Å². The summed E-state index contributed by atoms with van der Waals surface area (Å²) in [5, 5.41) is 3.45. The average Bonchev–Trinajstić information content (AvgIpc) is 3.10. The molecule has 1 heterocycles. The number of carbonyl (C=O) groups excluding carboxylic acids is 1. The number of benzene rings is 2. The third-order valence-electron chi connectivity index (χ3n) is 3.87. The first-order valence-corrected chi connectivity index (χ1v) is 10.5. The highest BCUT2D eigenvalue weighted by Gasteiger charge is 2.20. The topological polar surface area (TPSA) is 33.2 Å². The Labute approximate surface area is 167 Å². The van der Waals surface area contributed by atoms with E-state index in [9.17, 15) is 4.79 Å². The molecule has 0 saturated carbocycles. The summed E-state index contributed by atoms with van der Waals surface area (Å²) in [7, 11) is 0. The van der Waals surface area contributed by atoms with Crippen LogP contribution in [0.15, 0.2) is 58.8 Å². The number of aromatic nitrogens is 1. The number of amides is 1. The van der Waals surface area contributed by atoms with Crippen LogP contribution in [0, 0.1) is 0 Å². The summed E-state index contributed by atoms with van der Waals surface area (Å²) in [6.45, 7) is 3.66. The molecule has 0 unspecified atom stereocenters. The number of thioether (sulfide) groups is 1. The van der Waals surface area contributed by atoms with Crippen LogP contribution in [0.2, 0.25) is 5.02 Å². The van der Waals surface area contributed by atoms with E-state index in [4.69, 9.17) is 11.6 Å². The number of aryl methyl sites for hydroxylation is 1. The van der Waals surface area contributed by atoms with Crippen molar-refractivity contribution in [3.8, 4) is 0 Å². The van der Waals surface area contributed by atoms with Crippen LogP contribution < -0.4 is 4.90 Å². The van der Waals surface area contributed by atoms with Crippen LogP contribution >= 0.6 is 34.7 Å². The van der Waals surface area contributed by atoms with Gasteiger partial charge in [-0.05, 0) is 30.2 Å². The number of hydrogen-bond donors (Lipinski definition) is 0. The summed E-state index contributed by atoms with van der Waals surface area (Å²) >= 11 is 9.34. The summed E-state index contributed by atoms with van der Waals surface area (Å²) in [5.74, 6) is 0.673. The largest absolute Gasteiger partial charge is 0.274 e. The number of anilines is 2. The van der Waals surface area contributed by atoms with E-state index >= 15 is 0 Å². The Morgan fingerprint density at radius 1 is 1.19 bits per heavy atom.